The lowest BCUT2D eigenvalue weighted by atomic mass is 10.2. The molecule has 6 heteroatoms. The fraction of sp³-hybridized carbons (Fsp3) is 0.917. The zero-order chi connectivity index (χ0) is 13.3. The van der Waals surface area contributed by atoms with Crippen molar-refractivity contribution in [1.82, 2.24) is 4.90 Å². The topological polar surface area (TPSA) is 55.6 Å². The average Bonchev–Trinajstić information content (AvgIpc) is 2.34. The third kappa shape index (κ3) is 8.19. The maximum atomic E-state index is 11.9. The Morgan fingerprint density at radius 2 is 2.11 bits per heavy atom. The molecular formula is C12H27ClN2O2S. The van der Waals surface area contributed by atoms with Crippen molar-refractivity contribution in [2.24, 2.45) is 5.73 Å². The molecule has 0 heterocycles. The Hall–Kier alpha value is 0.0300. The largest absolute Gasteiger partial charge is 0.380 e. The maximum absolute atomic E-state index is 11.9. The van der Waals surface area contributed by atoms with Gasteiger partial charge in [-0.15, -0.1) is 12.4 Å². The van der Waals surface area contributed by atoms with Gasteiger partial charge in [0.15, 0.2) is 0 Å². The zero-order valence-corrected chi connectivity index (χ0v) is 13.5. The first kappa shape index (κ1) is 20.3. The lowest BCUT2D eigenvalue weighted by molar-refractivity contribution is -0.134. The van der Waals surface area contributed by atoms with Crippen LogP contribution in [0.3, 0.4) is 0 Å². The lowest BCUT2D eigenvalue weighted by Gasteiger charge is -2.26. The van der Waals surface area contributed by atoms with E-state index in [1.54, 1.807) is 12.0 Å². The predicted octanol–water partition coefficient (Wildman–Crippen LogP) is 1.76. The molecule has 110 valence electrons. The molecule has 2 atom stereocenters. The summed E-state index contributed by atoms with van der Waals surface area (Å²) in [7, 11) is 3.44. The van der Waals surface area contributed by atoms with Gasteiger partial charge in [-0.05, 0) is 24.9 Å². The summed E-state index contributed by atoms with van der Waals surface area (Å²) in [6, 6.07) is 0.275. The number of thioether (sulfide) groups is 1. The summed E-state index contributed by atoms with van der Waals surface area (Å²) in [6.07, 6.45) is 1.23. The van der Waals surface area contributed by atoms with Gasteiger partial charge >= 0.3 is 0 Å². The molecule has 0 aliphatic rings. The van der Waals surface area contributed by atoms with Crippen LogP contribution in [-0.4, -0.2) is 55.2 Å². The van der Waals surface area contributed by atoms with Gasteiger partial charge < -0.3 is 15.4 Å². The number of carbonyl (C=O) groups is 1. The van der Waals surface area contributed by atoms with Crippen molar-refractivity contribution in [3.63, 3.8) is 0 Å². The minimum Gasteiger partial charge on any atom is -0.380 e. The second-order valence-electron chi connectivity index (χ2n) is 4.14. The third-order valence-electron chi connectivity index (χ3n) is 2.94. The Kier molecular flexibility index (Phi) is 13.7. The minimum absolute atomic E-state index is 0. The number of nitrogens with zero attached hydrogens (tertiary/aromatic N) is 1. The first-order chi connectivity index (χ1) is 8.06. The van der Waals surface area contributed by atoms with Gasteiger partial charge in [-0.1, -0.05) is 6.92 Å². The van der Waals surface area contributed by atoms with Crippen molar-refractivity contribution in [3.05, 3.63) is 0 Å². The smallest absolute Gasteiger partial charge is 0.225 e. The van der Waals surface area contributed by atoms with Gasteiger partial charge in [-0.25, -0.2) is 0 Å². The number of hydrogen-bond donors (Lipinski definition) is 1. The molecule has 0 aromatic heterocycles. The number of amides is 1. The molecule has 0 aromatic rings. The van der Waals surface area contributed by atoms with Crippen LogP contribution < -0.4 is 5.73 Å². The molecule has 1 amide bonds. The summed E-state index contributed by atoms with van der Waals surface area (Å²) >= 11 is 1.91. The van der Waals surface area contributed by atoms with Crippen molar-refractivity contribution < 1.29 is 9.53 Å². The van der Waals surface area contributed by atoms with E-state index < -0.39 is 0 Å². The van der Waals surface area contributed by atoms with Crippen LogP contribution in [0, 0.1) is 0 Å². The Labute approximate surface area is 121 Å². The first-order valence-electron chi connectivity index (χ1n) is 6.13. The van der Waals surface area contributed by atoms with Gasteiger partial charge in [-0.2, -0.15) is 11.8 Å². The predicted molar refractivity (Wildman–Crippen MR) is 81.6 cm³/mol. The highest BCUT2D eigenvalue weighted by Gasteiger charge is 2.19. The Morgan fingerprint density at radius 3 is 2.56 bits per heavy atom. The van der Waals surface area contributed by atoms with Crippen molar-refractivity contribution in [1.29, 1.82) is 0 Å². The number of nitrogens with two attached hydrogens (primary N) is 1. The molecule has 18 heavy (non-hydrogen) atoms. The van der Waals surface area contributed by atoms with E-state index in [0.29, 0.717) is 13.0 Å². The first-order valence-corrected chi connectivity index (χ1v) is 7.28. The molecule has 0 fully saturated rings. The Morgan fingerprint density at radius 1 is 1.50 bits per heavy atom. The number of hydrogen-bond acceptors (Lipinski definition) is 4. The van der Waals surface area contributed by atoms with Crippen LogP contribution in [0.5, 0.6) is 0 Å². The highest BCUT2D eigenvalue weighted by Crippen LogP contribution is 2.10. The number of rotatable bonds is 9. The van der Waals surface area contributed by atoms with E-state index in [-0.39, 0.29) is 30.5 Å². The lowest BCUT2D eigenvalue weighted by Crippen LogP contribution is -2.39. The number of halogens is 1. The van der Waals surface area contributed by atoms with Crippen LogP contribution in [0.25, 0.3) is 0 Å². The van der Waals surface area contributed by atoms with Crippen LogP contribution in [0.15, 0.2) is 0 Å². The second kappa shape index (κ2) is 12.1. The minimum atomic E-state index is -0.165. The molecule has 0 bridgehead atoms. The van der Waals surface area contributed by atoms with E-state index in [1.165, 1.54) is 0 Å². The van der Waals surface area contributed by atoms with Gasteiger partial charge in [0.2, 0.25) is 5.91 Å². The summed E-state index contributed by atoms with van der Waals surface area (Å²) in [5.74, 6) is 2.33. The maximum Gasteiger partial charge on any atom is 0.225 e. The molecule has 0 aliphatic heterocycles. The second-order valence-corrected chi connectivity index (χ2v) is 5.53. The van der Waals surface area contributed by atoms with Crippen molar-refractivity contribution in [2.75, 3.05) is 32.2 Å². The molecule has 0 saturated carbocycles. The molecule has 4 nitrogen and oxygen atoms in total. The van der Waals surface area contributed by atoms with Crippen LogP contribution in [-0.2, 0) is 9.53 Å². The third-order valence-corrected chi connectivity index (χ3v) is 3.87. The molecule has 0 aliphatic carbocycles. The van der Waals surface area contributed by atoms with E-state index in [2.05, 4.69) is 13.8 Å². The van der Waals surface area contributed by atoms with E-state index in [0.717, 1.165) is 17.9 Å². The average molecular weight is 299 g/mol. The van der Waals surface area contributed by atoms with E-state index >= 15 is 0 Å². The molecule has 0 rings (SSSR count). The van der Waals surface area contributed by atoms with Gasteiger partial charge in [0, 0.05) is 26.7 Å². The Balaban J connectivity index is 0. The normalized spacial score (nSPS) is 13.6. The highest BCUT2D eigenvalue weighted by atomic mass is 35.5. The molecule has 0 radical (unpaired) electrons. The van der Waals surface area contributed by atoms with E-state index in [4.69, 9.17) is 10.5 Å². The highest BCUT2D eigenvalue weighted by molar-refractivity contribution is 7.99. The molecule has 0 spiro atoms. The summed E-state index contributed by atoms with van der Waals surface area (Å²) in [5.41, 5.74) is 5.51. The molecule has 2 N–H and O–H groups in total. The van der Waals surface area contributed by atoms with Crippen LogP contribution >= 0.6 is 24.2 Å². The standard InChI is InChI=1S/C12H26N2O2S.ClH/c1-5-17-7-6-10(2)14(3)12(15)8-11(9-13)16-4;/h10-11H,5-9,13H2,1-4H3;1H. The van der Waals surface area contributed by atoms with Crippen molar-refractivity contribution >= 4 is 30.1 Å². The van der Waals surface area contributed by atoms with Crippen molar-refractivity contribution in [2.45, 2.75) is 38.8 Å². The number of carbonyl (C=O) groups excluding carboxylic acids is 1. The van der Waals surface area contributed by atoms with Crippen LogP contribution in [0.2, 0.25) is 0 Å². The fourth-order valence-corrected chi connectivity index (χ4v) is 2.24. The quantitative estimate of drug-likeness (QED) is 0.659. The van der Waals surface area contributed by atoms with Gasteiger partial charge in [0.05, 0.1) is 12.5 Å². The number of methoxy groups -OCH3 is 1. The zero-order valence-electron chi connectivity index (χ0n) is 11.8. The van der Waals surface area contributed by atoms with Gasteiger partial charge in [0.1, 0.15) is 0 Å². The molecule has 0 saturated heterocycles. The van der Waals surface area contributed by atoms with Crippen LogP contribution in [0.1, 0.15) is 26.7 Å². The molecule has 0 aromatic carbocycles. The molecule has 2 unspecified atom stereocenters. The summed E-state index contributed by atoms with van der Waals surface area (Å²) in [5, 5.41) is 0. The number of ether oxygens (including phenoxy) is 1. The summed E-state index contributed by atoms with van der Waals surface area (Å²) < 4.78 is 5.12. The summed E-state index contributed by atoms with van der Waals surface area (Å²) in [6.45, 7) is 4.61. The fourth-order valence-electron chi connectivity index (χ4n) is 1.44. The van der Waals surface area contributed by atoms with Crippen molar-refractivity contribution in [3.8, 4) is 0 Å². The van der Waals surface area contributed by atoms with Crippen LogP contribution in [0.4, 0.5) is 0 Å². The van der Waals surface area contributed by atoms with Gasteiger partial charge in [-0.3, -0.25) is 4.79 Å². The van der Waals surface area contributed by atoms with E-state index in [9.17, 15) is 4.79 Å². The van der Waals surface area contributed by atoms with Gasteiger partial charge in [0.25, 0.3) is 0 Å². The SMILES string of the molecule is CCSCCC(C)N(C)C(=O)CC(CN)OC.Cl. The molecular weight excluding hydrogens is 272 g/mol. The van der Waals surface area contributed by atoms with E-state index in [1.807, 2.05) is 18.8 Å². The monoisotopic (exact) mass is 298 g/mol. The summed E-state index contributed by atoms with van der Waals surface area (Å²) in [4.78, 5) is 13.7. The Bertz CT molecular complexity index is 216.